The fraction of sp³-hybridized carbons (Fsp3) is 0.538. The third kappa shape index (κ3) is 6.13. The van der Waals surface area contributed by atoms with Crippen molar-refractivity contribution in [3.05, 3.63) is 29.8 Å². The number of rotatable bonds is 5. The Morgan fingerprint density at radius 3 is 2.60 bits per heavy atom. The molecule has 0 aliphatic rings. The molecule has 0 fully saturated rings. The van der Waals surface area contributed by atoms with Crippen LogP contribution < -0.4 is 10.5 Å². The smallest absolute Gasteiger partial charge is 0.119 e. The SMILES string of the molecule is CC.CCCCOc1cccc(CN)c1. The van der Waals surface area contributed by atoms with Gasteiger partial charge in [-0.05, 0) is 24.1 Å². The van der Waals surface area contributed by atoms with Crippen molar-refractivity contribution >= 4 is 0 Å². The standard InChI is InChI=1S/C11H17NO.C2H6/c1-2-3-7-13-11-6-4-5-10(8-11)9-12;1-2/h4-6,8H,2-3,7,9,12H2,1H3;1-2H3. The van der Waals surface area contributed by atoms with Gasteiger partial charge in [0.05, 0.1) is 6.61 Å². The lowest BCUT2D eigenvalue weighted by Gasteiger charge is -2.05. The number of unbranched alkanes of at least 4 members (excludes halogenated alkanes) is 1. The van der Waals surface area contributed by atoms with Crippen molar-refractivity contribution in [3.63, 3.8) is 0 Å². The second-order valence-electron chi connectivity index (χ2n) is 3.05. The topological polar surface area (TPSA) is 35.2 Å². The maximum Gasteiger partial charge on any atom is 0.119 e. The molecule has 0 heterocycles. The first-order valence-corrected chi connectivity index (χ1v) is 5.78. The molecular weight excluding hydrogens is 186 g/mol. The molecule has 0 saturated carbocycles. The van der Waals surface area contributed by atoms with Gasteiger partial charge in [-0.15, -0.1) is 0 Å². The van der Waals surface area contributed by atoms with Gasteiger partial charge in [0, 0.05) is 6.54 Å². The summed E-state index contributed by atoms with van der Waals surface area (Å²) in [6.45, 7) is 7.52. The third-order valence-electron chi connectivity index (χ3n) is 1.90. The van der Waals surface area contributed by atoms with Gasteiger partial charge < -0.3 is 10.5 Å². The molecule has 1 rings (SSSR count). The molecule has 0 amide bonds. The molecule has 0 spiro atoms. The van der Waals surface area contributed by atoms with Crippen LogP contribution in [-0.4, -0.2) is 6.61 Å². The molecule has 2 heteroatoms. The van der Waals surface area contributed by atoms with Gasteiger partial charge in [-0.2, -0.15) is 0 Å². The zero-order chi connectivity index (χ0) is 11.5. The molecule has 15 heavy (non-hydrogen) atoms. The van der Waals surface area contributed by atoms with Crippen molar-refractivity contribution in [2.24, 2.45) is 5.73 Å². The molecule has 0 aliphatic carbocycles. The van der Waals surface area contributed by atoms with Crippen LogP contribution >= 0.6 is 0 Å². The molecule has 0 aliphatic heterocycles. The van der Waals surface area contributed by atoms with E-state index in [1.165, 1.54) is 0 Å². The first kappa shape index (κ1) is 14.0. The van der Waals surface area contributed by atoms with Crippen molar-refractivity contribution in [1.82, 2.24) is 0 Å². The minimum absolute atomic E-state index is 0.574. The fourth-order valence-electron chi connectivity index (χ4n) is 1.10. The van der Waals surface area contributed by atoms with Crippen LogP contribution in [0.2, 0.25) is 0 Å². The lowest BCUT2D eigenvalue weighted by atomic mass is 10.2. The van der Waals surface area contributed by atoms with Crippen LogP contribution in [0.5, 0.6) is 5.75 Å². The summed E-state index contributed by atoms with van der Waals surface area (Å²) in [5.74, 6) is 0.927. The molecule has 0 unspecified atom stereocenters. The van der Waals surface area contributed by atoms with Crippen LogP contribution in [0.4, 0.5) is 0 Å². The second kappa shape index (κ2) is 9.53. The molecular formula is C13H23NO. The van der Waals surface area contributed by atoms with E-state index in [9.17, 15) is 0 Å². The Hall–Kier alpha value is -1.02. The number of nitrogens with two attached hydrogens (primary N) is 1. The van der Waals surface area contributed by atoms with Gasteiger partial charge in [0.1, 0.15) is 5.75 Å². The predicted molar refractivity (Wildman–Crippen MR) is 66.1 cm³/mol. The second-order valence-corrected chi connectivity index (χ2v) is 3.05. The number of ether oxygens (including phenoxy) is 1. The van der Waals surface area contributed by atoms with Gasteiger partial charge in [-0.3, -0.25) is 0 Å². The number of benzene rings is 1. The summed E-state index contributed by atoms with van der Waals surface area (Å²) in [5, 5.41) is 0. The van der Waals surface area contributed by atoms with E-state index in [4.69, 9.17) is 10.5 Å². The predicted octanol–water partition coefficient (Wildman–Crippen LogP) is 3.35. The van der Waals surface area contributed by atoms with Crippen molar-refractivity contribution in [3.8, 4) is 5.75 Å². The Kier molecular flexibility index (Phi) is 8.88. The maximum atomic E-state index is 5.53. The average Bonchev–Trinajstić information content (AvgIpc) is 2.32. The van der Waals surface area contributed by atoms with Gasteiger partial charge in [0.2, 0.25) is 0 Å². The lowest BCUT2D eigenvalue weighted by Crippen LogP contribution is -1.99. The zero-order valence-corrected chi connectivity index (χ0v) is 10.1. The molecule has 2 N–H and O–H groups in total. The van der Waals surface area contributed by atoms with E-state index < -0.39 is 0 Å². The Labute approximate surface area is 93.4 Å². The summed E-state index contributed by atoms with van der Waals surface area (Å²) in [5.41, 5.74) is 6.64. The van der Waals surface area contributed by atoms with E-state index >= 15 is 0 Å². The highest BCUT2D eigenvalue weighted by atomic mass is 16.5. The molecule has 0 bridgehead atoms. The molecule has 1 aromatic rings. The van der Waals surface area contributed by atoms with Gasteiger partial charge in [0.15, 0.2) is 0 Å². The molecule has 0 aromatic heterocycles. The molecule has 2 nitrogen and oxygen atoms in total. The van der Waals surface area contributed by atoms with Crippen LogP contribution in [0.1, 0.15) is 39.2 Å². The van der Waals surface area contributed by atoms with Crippen molar-refractivity contribution in [1.29, 1.82) is 0 Å². The summed E-state index contributed by atoms with van der Waals surface area (Å²) < 4.78 is 5.53. The van der Waals surface area contributed by atoms with Crippen LogP contribution in [-0.2, 0) is 6.54 Å². The zero-order valence-electron chi connectivity index (χ0n) is 10.1. The van der Waals surface area contributed by atoms with Gasteiger partial charge in [0.25, 0.3) is 0 Å². The molecule has 0 saturated heterocycles. The monoisotopic (exact) mass is 209 g/mol. The van der Waals surface area contributed by atoms with Gasteiger partial charge in [-0.25, -0.2) is 0 Å². The molecule has 1 aromatic carbocycles. The minimum atomic E-state index is 0.574. The summed E-state index contributed by atoms with van der Waals surface area (Å²) in [6.07, 6.45) is 2.27. The average molecular weight is 209 g/mol. The first-order valence-electron chi connectivity index (χ1n) is 5.78. The Balaban J connectivity index is 0.000000921. The van der Waals surface area contributed by atoms with E-state index in [0.29, 0.717) is 6.54 Å². The number of hydrogen-bond donors (Lipinski definition) is 1. The van der Waals surface area contributed by atoms with Crippen molar-refractivity contribution in [2.75, 3.05) is 6.61 Å². The highest BCUT2D eigenvalue weighted by molar-refractivity contribution is 5.28. The quantitative estimate of drug-likeness (QED) is 0.755. The summed E-state index contributed by atoms with van der Waals surface area (Å²) in [6, 6.07) is 7.95. The van der Waals surface area contributed by atoms with Crippen molar-refractivity contribution in [2.45, 2.75) is 40.2 Å². The summed E-state index contributed by atoms with van der Waals surface area (Å²) in [7, 11) is 0. The normalized spacial score (nSPS) is 9.07. The number of hydrogen-bond acceptors (Lipinski definition) is 2. The minimum Gasteiger partial charge on any atom is -0.494 e. The van der Waals surface area contributed by atoms with Crippen LogP contribution in [0.25, 0.3) is 0 Å². The van der Waals surface area contributed by atoms with E-state index in [1.54, 1.807) is 0 Å². The maximum absolute atomic E-state index is 5.53. The Morgan fingerprint density at radius 2 is 2.00 bits per heavy atom. The van der Waals surface area contributed by atoms with Crippen molar-refractivity contribution < 1.29 is 4.74 Å². The van der Waals surface area contributed by atoms with E-state index in [0.717, 1.165) is 30.8 Å². The van der Waals surface area contributed by atoms with Crippen LogP contribution in [0.15, 0.2) is 24.3 Å². The van der Waals surface area contributed by atoms with Crippen LogP contribution in [0, 0.1) is 0 Å². The van der Waals surface area contributed by atoms with Gasteiger partial charge >= 0.3 is 0 Å². The fourth-order valence-corrected chi connectivity index (χ4v) is 1.10. The summed E-state index contributed by atoms with van der Waals surface area (Å²) in [4.78, 5) is 0. The molecule has 0 atom stereocenters. The highest BCUT2D eigenvalue weighted by Crippen LogP contribution is 2.13. The summed E-state index contributed by atoms with van der Waals surface area (Å²) >= 11 is 0. The molecule has 86 valence electrons. The Bertz CT molecular complexity index is 248. The van der Waals surface area contributed by atoms with E-state index in [-0.39, 0.29) is 0 Å². The Morgan fingerprint density at radius 1 is 1.27 bits per heavy atom. The lowest BCUT2D eigenvalue weighted by molar-refractivity contribution is 0.309. The highest BCUT2D eigenvalue weighted by Gasteiger charge is 1.94. The van der Waals surface area contributed by atoms with E-state index in [2.05, 4.69) is 6.92 Å². The van der Waals surface area contributed by atoms with Gasteiger partial charge in [-0.1, -0.05) is 39.3 Å². The van der Waals surface area contributed by atoms with E-state index in [1.807, 2.05) is 38.1 Å². The third-order valence-corrected chi connectivity index (χ3v) is 1.90. The first-order chi connectivity index (χ1) is 7.36. The van der Waals surface area contributed by atoms with Crippen LogP contribution in [0.3, 0.4) is 0 Å². The largest absolute Gasteiger partial charge is 0.494 e. The molecule has 0 radical (unpaired) electrons.